The van der Waals surface area contributed by atoms with E-state index < -0.39 is 0 Å². The molecule has 0 amide bonds. The summed E-state index contributed by atoms with van der Waals surface area (Å²) in [7, 11) is 0. The molecule has 0 N–H and O–H groups in total. The summed E-state index contributed by atoms with van der Waals surface area (Å²) in [5, 5.41) is 0. The predicted molar refractivity (Wildman–Crippen MR) is 76.7 cm³/mol. The number of rotatable bonds is 4. The number of piperidine rings is 1. The molecule has 2 fully saturated rings. The highest BCUT2D eigenvalue weighted by Gasteiger charge is 2.44. The summed E-state index contributed by atoms with van der Waals surface area (Å²) < 4.78 is 11.8. The van der Waals surface area contributed by atoms with E-state index in [0.29, 0.717) is 13.2 Å². The van der Waals surface area contributed by atoms with Gasteiger partial charge in [0.05, 0.1) is 24.9 Å². The molecule has 0 saturated carbocycles. The van der Waals surface area contributed by atoms with Gasteiger partial charge in [0.2, 0.25) is 5.95 Å². The lowest BCUT2D eigenvalue weighted by atomic mass is 9.89. The van der Waals surface area contributed by atoms with Crippen LogP contribution in [-0.2, 0) is 9.47 Å². The summed E-state index contributed by atoms with van der Waals surface area (Å²) in [6.07, 6.45) is 8.69. The molecular weight excluding hydrogens is 254 g/mol. The molecule has 0 radical (unpaired) electrons. The Kier molecular flexibility index (Phi) is 3.98. The number of hydrogen-bond donors (Lipinski definition) is 0. The van der Waals surface area contributed by atoms with Gasteiger partial charge in [-0.2, -0.15) is 0 Å². The maximum atomic E-state index is 6.09. The van der Waals surface area contributed by atoms with Gasteiger partial charge in [-0.3, -0.25) is 0 Å². The number of anilines is 1. The van der Waals surface area contributed by atoms with Gasteiger partial charge in [-0.15, -0.1) is 6.58 Å². The van der Waals surface area contributed by atoms with Gasteiger partial charge in [0.25, 0.3) is 0 Å². The minimum Gasteiger partial charge on any atom is -0.372 e. The number of ether oxygens (including phenoxy) is 2. The first kappa shape index (κ1) is 13.5. The Hall–Kier alpha value is -1.46. The molecule has 0 unspecified atom stereocenters. The second-order valence-corrected chi connectivity index (χ2v) is 5.52. The first-order chi connectivity index (χ1) is 9.81. The molecule has 108 valence electrons. The highest BCUT2D eigenvalue weighted by molar-refractivity contribution is 5.31. The van der Waals surface area contributed by atoms with E-state index in [1.807, 2.05) is 6.07 Å². The van der Waals surface area contributed by atoms with Crippen LogP contribution in [0.25, 0.3) is 0 Å². The monoisotopic (exact) mass is 275 g/mol. The van der Waals surface area contributed by atoms with Crippen LogP contribution in [0.15, 0.2) is 31.1 Å². The Labute approximate surface area is 119 Å². The molecule has 0 aromatic carbocycles. The third-order valence-corrected chi connectivity index (χ3v) is 4.00. The SMILES string of the molecule is C=CCO[C@H]1CO[C@@]2(CCCN(c3ncccn3)C2)C1. The average Bonchev–Trinajstić information content (AvgIpc) is 2.89. The Bertz CT molecular complexity index is 454. The molecule has 3 rings (SSSR count). The topological polar surface area (TPSA) is 47.5 Å². The lowest BCUT2D eigenvalue weighted by molar-refractivity contribution is -0.0113. The molecule has 2 aliphatic heterocycles. The van der Waals surface area contributed by atoms with E-state index in [1.165, 1.54) is 0 Å². The van der Waals surface area contributed by atoms with E-state index >= 15 is 0 Å². The summed E-state index contributed by atoms with van der Waals surface area (Å²) in [6, 6.07) is 1.84. The molecule has 3 heterocycles. The van der Waals surface area contributed by atoms with Crippen molar-refractivity contribution in [3.8, 4) is 0 Å². The average molecular weight is 275 g/mol. The van der Waals surface area contributed by atoms with E-state index in [-0.39, 0.29) is 11.7 Å². The van der Waals surface area contributed by atoms with Crippen molar-refractivity contribution in [2.75, 3.05) is 31.2 Å². The van der Waals surface area contributed by atoms with Gasteiger partial charge in [0.1, 0.15) is 0 Å². The summed E-state index contributed by atoms with van der Waals surface area (Å²) in [6.45, 7) is 6.80. The minimum absolute atomic E-state index is 0.0940. The molecule has 1 spiro atoms. The molecule has 2 saturated heterocycles. The first-order valence-electron chi connectivity index (χ1n) is 7.20. The van der Waals surface area contributed by atoms with Crippen LogP contribution in [0.5, 0.6) is 0 Å². The van der Waals surface area contributed by atoms with E-state index in [2.05, 4.69) is 21.4 Å². The summed E-state index contributed by atoms with van der Waals surface area (Å²) in [4.78, 5) is 10.9. The summed E-state index contributed by atoms with van der Waals surface area (Å²) in [5.41, 5.74) is -0.0940. The highest BCUT2D eigenvalue weighted by atomic mass is 16.6. The van der Waals surface area contributed by atoms with Crippen molar-refractivity contribution < 1.29 is 9.47 Å². The fourth-order valence-corrected chi connectivity index (χ4v) is 3.12. The number of hydrogen-bond acceptors (Lipinski definition) is 5. The molecule has 5 nitrogen and oxygen atoms in total. The van der Waals surface area contributed by atoms with E-state index in [4.69, 9.17) is 9.47 Å². The van der Waals surface area contributed by atoms with Gasteiger partial charge in [0, 0.05) is 31.9 Å². The van der Waals surface area contributed by atoms with E-state index in [1.54, 1.807) is 18.5 Å². The Morgan fingerprint density at radius 1 is 1.50 bits per heavy atom. The fourth-order valence-electron chi connectivity index (χ4n) is 3.12. The van der Waals surface area contributed by atoms with Gasteiger partial charge in [0.15, 0.2) is 0 Å². The second-order valence-electron chi connectivity index (χ2n) is 5.52. The molecule has 5 heteroatoms. The fraction of sp³-hybridized carbons (Fsp3) is 0.600. The molecule has 2 aliphatic rings. The van der Waals surface area contributed by atoms with Gasteiger partial charge in [-0.1, -0.05) is 6.08 Å². The Morgan fingerprint density at radius 3 is 3.15 bits per heavy atom. The van der Waals surface area contributed by atoms with Crippen molar-refractivity contribution in [3.63, 3.8) is 0 Å². The van der Waals surface area contributed by atoms with Crippen LogP contribution in [-0.4, -0.2) is 48.0 Å². The maximum absolute atomic E-state index is 6.09. The zero-order chi connectivity index (χ0) is 13.8. The second kappa shape index (κ2) is 5.89. The Balaban J connectivity index is 1.65. The zero-order valence-corrected chi connectivity index (χ0v) is 11.7. The molecule has 1 aromatic heterocycles. The largest absolute Gasteiger partial charge is 0.372 e. The van der Waals surface area contributed by atoms with E-state index in [0.717, 1.165) is 38.3 Å². The third kappa shape index (κ3) is 2.83. The van der Waals surface area contributed by atoms with Crippen LogP contribution < -0.4 is 4.90 Å². The van der Waals surface area contributed by atoms with Crippen LogP contribution in [0, 0.1) is 0 Å². The van der Waals surface area contributed by atoms with Crippen molar-refractivity contribution >= 4 is 5.95 Å². The van der Waals surface area contributed by atoms with Gasteiger partial charge in [-0.05, 0) is 18.9 Å². The Morgan fingerprint density at radius 2 is 2.35 bits per heavy atom. The lowest BCUT2D eigenvalue weighted by Crippen LogP contribution is -2.48. The predicted octanol–water partition coefficient (Wildman–Crippen LogP) is 1.81. The molecule has 0 aliphatic carbocycles. The zero-order valence-electron chi connectivity index (χ0n) is 11.7. The summed E-state index contributed by atoms with van der Waals surface area (Å²) >= 11 is 0. The summed E-state index contributed by atoms with van der Waals surface area (Å²) in [5.74, 6) is 0.797. The van der Waals surface area contributed by atoms with E-state index in [9.17, 15) is 0 Å². The van der Waals surface area contributed by atoms with Crippen LogP contribution in [0.2, 0.25) is 0 Å². The van der Waals surface area contributed by atoms with Crippen LogP contribution in [0.1, 0.15) is 19.3 Å². The van der Waals surface area contributed by atoms with Crippen LogP contribution in [0.4, 0.5) is 5.95 Å². The third-order valence-electron chi connectivity index (χ3n) is 4.00. The normalized spacial score (nSPS) is 29.8. The number of aromatic nitrogens is 2. The molecule has 0 bridgehead atoms. The van der Waals surface area contributed by atoms with Crippen molar-refractivity contribution in [3.05, 3.63) is 31.1 Å². The molecule has 1 aromatic rings. The van der Waals surface area contributed by atoms with Gasteiger partial charge < -0.3 is 14.4 Å². The van der Waals surface area contributed by atoms with Gasteiger partial charge >= 0.3 is 0 Å². The highest BCUT2D eigenvalue weighted by Crippen LogP contribution is 2.36. The van der Waals surface area contributed by atoms with Crippen LogP contribution in [0.3, 0.4) is 0 Å². The van der Waals surface area contributed by atoms with Crippen molar-refractivity contribution in [1.29, 1.82) is 0 Å². The van der Waals surface area contributed by atoms with Crippen molar-refractivity contribution in [2.24, 2.45) is 0 Å². The standard InChI is InChI=1S/C15H21N3O2/c1-2-9-19-13-10-15(20-11-13)5-3-8-18(12-15)14-16-6-4-7-17-14/h2,4,6-7,13H,1,3,5,8-12H2/t13-,15+/m1/s1. The smallest absolute Gasteiger partial charge is 0.225 e. The molecular formula is C15H21N3O2. The van der Waals surface area contributed by atoms with Crippen molar-refractivity contribution in [1.82, 2.24) is 9.97 Å². The molecule has 20 heavy (non-hydrogen) atoms. The van der Waals surface area contributed by atoms with Gasteiger partial charge in [-0.25, -0.2) is 9.97 Å². The van der Waals surface area contributed by atoms with Crippen molar-refractivity contribution in [2.45, 2.75) is 31.0 Å². The molecule has 2 atom stereocenters. The maximum Gasteiger partial charge on any atom is 0.225 e. The minimum atomic E-state index is -0.0940. The first-order valence-corrected chi connectivity index (χ1v) is 7.20. The quantitative estimate of drug-likeness (QED) is 0.784. The number of nitrogens with zero attached hydrogens (tertiary/aromatic N) is 3. The lowest BCUT2D eigenvalue weighted by Gasteiger charge is -2.39. The van der Waals surface area contributed by atoms with Crippen LogP contribution >= 0.6 is 0 Å².